The van der Waals surface area contributed by atoms with Gasteiger partial charge in [0.25, 0.3) is 0 Å². The molecule has 0 fully saturated rings. The molecule has 1 aromatic carbocycles. The van der Waals surface area contributed by atoms with Crippen molar-refractivity contribution in [2.45, 2.75) is 44.7 Å². The van der Waals surface area contributed by atoms with E-state index in [1.807, 2.05) is 18.2 Å². The highest BCUT2D eigenvalue weighted by molar-refractivity contribution is 6.89. The summed E-state index contributed by atoms with van der Waals surface area (Å²) in [7, 11) is -1.86. The lowest BCUT2D eigenvalue weighted by Crippen LogP contribution is -2.51. The molecular weight excluding hydrogens is 304 g/mol. The fourth-order valence-corrected chi connectivity index (χ4v) is 5.58. The van der Waals surface area contributed by atoms with Gasteiger partial charge in [0.15, 0.2) is 5.60 Å². The molecule has 4 heteroatoms. The van der Waals surface area contributed by atoms with Crippen molar-refractivity contribution in [3.63, 3.8) is 0 Å². The minimum atomic E-state index is -1.86. The Balaban J connectivity index is 3.08. The number of aliphatic hydroxyl groups is 1. The second-order valence-corrected chi connectivity index (χ2v) is 11.5. The van der Waals surface area contributed by atoms with Crippen molar-refractivity contribution in [3.8, 4) is 0 Å². The third-order valence-electron chi connectivity index (χ3n) is 4.12. The van der Waals surface area contributed by atoms with Crippen molar-refractivity contribution in [1.82, 2.24) is 0 Å². The van der Waals surface area contributed by atoms with Crippen LogP contribution in [0.4, 0.5) is 0 Å². The molecule has 3 nitrogen and oxygen atoms in total. The van der Waals surface area contributed by atoms with E-state index in [1.54, 1.807) is 19.9 Å². The highest BCUT2D eigenvalue weighted by Crippen LogP contribution is 2.30. The molecule has 0 radical (unpaired) electrons. The molecule has 0 bridgehead atoms. The maximum atomic E-state index is 12.4. The lowest BCUT2D eigenvalue weighted by atomic mass is 9.88. The minimum Gasteiger partial charge on any atom is -0.461 e. The van der Waals surface area contributed by atoms with Crippen molar-refractivity contribution >= 4 is 19.2 Å². The van der Waals surface area contributed by atoms with Crippen LogP contribution in [0.3, 0.4) is 0 Å². The number of esters is 1. The quantitative estimate of drug-likeness (QED) is 0.451. The second kappa shape index (κ2) is 7.75. The Kier molecular flexibility index (Phi) is 6.54. The molecule has 1 aromatic rings. The molecular formula is C19H28O3Si. The van der Waals surface area contributed by atoms with E-state index in [0.29, 0.717) is 6.04 Å². The largest absolute Gasteiger partial charge is 0.461 e. The van der Waals surface area contributed by atoms with Crippen molar-refractivity contribution in [2.75, 3.05) is 0 Å². The van der Waals surface area contributed by atoms with Crippen molar-refractivity contribution in [1.29, 1.82) is 0 Å². The number of carbonyl (C=O) groups excluding carboxylic acids is 1. The van der Waals surface area contributed by atoms with Crippen LogP contribution in [0.15, 0.2) is 55.6 Å². The zero-order chi connectivity index (χ0) is 17.7. The van der Waals surface area contributed by atoms with E-state index in [0.717, 1.165) is 0 Å². The Labute approximate surface area is 140 Å². The Bertz CT molecular complexity index is 551. The van der Waals surface area contributed by atoms with Gasteiger partial charge in [0.2, 0.25) is 0 Å². The van der Waals surface area contributed by atoms with Gasteiger partial charge in [-0.2, -0.15) is 0 Å². The lowest BCUT2D eigenvalue weighted by molar-refractivity contribution is -0.167. The number of carbonyl (C=O) groups is 1. The van der Waals surface area contributed by atoms with E-state index >= 15 is 0 Å². The summed E-state index contributed by atoms with van der Waals surface area (Å²) < 4.78 is 5.22. The molecule has 2 atom stereocenters. The standard InChI is InChI=1S/C19H28O3Si/c1-7-16(19(21,8-2)18(20)22-15(3)4)14-23(5,6)17-12-10-9-11-13-17/h7-13,15-16,21H,1-2,14H2,3-6H3/t16-,19-/m0/s1. The first-order chi connectivity index (χ1) is 10.7. The van der Waals surface area contributed by atoms with Gasteiger partial charge in [0.05, 0.1) is 14.2 Å². The molecule has 0 aliphatic heterocycles. The van der Waals surface area contributed by atoms with Crippen LogP contribution in [0, 0.1) is 5.92 Å². The molecule has 0 spiro atoms. The lowest BCUT2D eigenvalue weighted by Gasteiger charge is -2.35. The summed E-state index contributed by atoms with van der Waals surface area (Å²) in [6.45, 7) is 15.4. The van der Waals surface area contributed by atoms with Crippen molar-refractivity contribution < 1.29 is 14.6 Å². The van der Waals surface area contributed by atoms with Crippen LogP contribution >= 0.6 is 0 Å². The molecule has 0 heterocycles. The van der Waals surface area contributed by atoms with Crippen LogP contribution in [-0.4, -0.2) is 30.9 Å². The number of hydrogen-bond donors (Lipinski definition) is 1. The molecule has 23 heavy (non-hydrogen) atoms. The minimum absolute atomic E-state index is 0.293. The predicted molar refractivity (Wildman–Crippen MR) is 98.4 cm³/mol. The van der Waals surface area contributed by atoms with E-state index < -0.39 is 25.6 Å². The summed E-state index contributed by atoms with van der Waals surface area (Å²) in [5.74, 6) is -1.10. The highest BCUT2D eigenvalue weighted by atomic mass is 28.3. The fraction of sp³-hybridized carbons (Fsp3) is 0.421. The molecule has 0 aliphatic carbocycles. The van der Waals surface area contributed by atoms with Gasteiger partial charge in [-0.1, -0.05) is 61.3 Å². The van der Waals surface area contributed by atoms with Crippen LogP contribution in [-0.2, 0) is 9.53 Å². The smallest absolute Gasteiger partial charge is 0.343 e. The Morgan fingerprint density at radius 3 is 2.30 bits per heavy atom. The molecule has 1 rings (SSSR count). The predicted octanol–water partition coefficient (Wildman–Crippen LogP) is 3.27. The van der Waals surface area contributed by atoms with E-state index in [2.05, 4.69) is 38.4 Å². The van der Waals surface area contributed by atoms with Crippen LogP contribution in [0.25, 0.3) is 0 Å². The maximum Gasteiger partial charge on any atom is 0.343 e. The summed E-state index contributed by atoms with van der Waals surface area (Å²) in [5, 5.41) is 12.1. The van der Waals surface area contributed by atoms with Gasteiger partial charge < -0.3 is 9.84 Å². The summed E-state index contributed by atoms with van der Waals surface area (Å²) in [6.07, 6.45) is 2.62. The molecule has 0 amide bonds. The van der Waals surface area contributed by atoms with Gasteiger partial charge in [-0.25, -0.2) is 4.79 Å². The Morgan fingerprint density at radius 1 is 1.30 bits per heavy atom. The summed E-state index contributed by atoms with van der Waals surface area (Å²) in [4.78, 5) is 12.4. The first-order valence-corrected chi connectivity index (χ1v) is 11.1. The summed E-state index contributed by atoms with van der Waals surface area (Å²) >= 11 is 0. The maximum absolute atomic E-state index is 12.4. The van der Waals surface area contributed by atoms with Crippen LogP contribution in [0.5, 0.6) is 0 Å². The second-order valence-electron chi connectivity index (χ2n) is 6.78. The molecule has 0 saturated heterocycles. The molecule has 0 aliphatic rings. The fourth-order valence-electron chi connectivity index (χ4n) is 2.67. The van der Waals surface area contributed by atoms with Gasteiger partial charge in [0, 0.05) is 5.92 Å². The van der Waals surface area contributed by atoms with Crippen LogP contribution < -0.4 is 5.19 Å². The van der Waals surface area contributed by atoms with Crippen molar-refractivity contribution in [3.05, 3.63) is 55.6 Å². The van der Waals surface area contributed by atoms with Gasteiger partial charge in [0.1, 0.15) is 0 Å². The van der Waals surface area contributed by atoms with Gasteiger partial charge in [-0.05, 0) is 26.0 Å². The number of ether oxygens (including phenoxy) is 1. The zero-order valence-electron chi connectivity index (χ0n) is 14.6. The van der Waals surface area contributed by atoms with Crippen LogP contribution in [0.2, 0.25) is 19.1 Å². The summed E-state index contributed by atoms with van der Waals surface area (Å²) in [6, 6.07) is 10.9. The van der Waals surface area contributed by atoms with E-state index in [1.165, 1.54) is 11.3 Å². The first kappa shape index (κ1) is 19.4. The average Bonchev–Trinajstić information content (AvgIpc) is 2.52. The molecule has 0 saturated carbocycles. The molecule has 126 valence electrons. The Hall–Kier alpha value is -1.65. The van der Waals surface area contributed by atoms with Crippen LogP contribution in [0.1, 0.15) is 13.8 Å². The SMILES string of the molecule is C=C[C@@H](C[Si](C)(C)c1ccccc1)[C@@](O)(C=C)C(=O)OC(C)C. The first-order valence-electron chi connectivity index (χ1n) is 7.92. The molecule has 1 N–H and O–H groups in total. The number of hydrogen-bond acceptors (Lipinski definition) is 3. The highest BCUT2D eigenvalue weighted by Gasteiger charge is 2.44. The van der Waals surface area contributed by atoms with E-state index in [9.17, 15) is 9.90 Å². The van der Waals surface area contributed by atoms with E-state index in [4.69, 9.17) is 4.74 Å². The van der Waals surface area contributed by atoms with Gasteiger partial charge >= 0.3 is 5.97 Å². The van der Waals surface area contributed by atoms with Gasteiger partial charge in [-0.15, -0.1) is 6.58 Å². The number of rotatable bonds is 8. The zero-order valence-corrected chi connectivity index (χ0v) is 15.6. The summed E-state index contributed by atoms with van der Waals surface area (Å²) in [5.41, 5.74) is -1.74. The third-order valence-corrected chi connectivity index (χ3v) is 7.47. The van der Waals surface area contributed by atoms with Gasteiger partial charge in [-0.3, -0.25) is 0 Å². The monoisotopic (exact) mass is 332 g/mol. The topological polar surface area (TPSA) is 46.5 Å². The average molecular weight is 333 g/mol. The number of benzene rings is 1. The Morgan fingerprint density at radius 2 is 1.87 bits per heavy atom. The third kappa shape index (κ3) is 4.66. The van der Waals surface area contributed by atoms with Crippen molar-refractivity contribution in [2.24, 2.45) is 5.92 Å². The molecule has 0 aromatic heterocycles. The van der Waals surface area contributed by atoms with E-state index in [-0.39, 0.29) is 6.10 Å². The molecule has 0 unspecified atom stereocenters. The normalized spacial score (nSPS) is 15.6.